The molecule has 1 aliphatic rings. The maximum absolute atomic E-state index is 12.8. The molecule has 0 fully saturated rings. The maximum Gasteiger partial charge on any atom is 0.262 e. The number of nitrogens with zero attached hydrogens (tertiary/aromatic N) is 2. The number of anilines is 1. The van der Waals surface area contributed by atoms with Crippen LogP contribution in [0.3, 0.4) is 0 Å². The van der Waals surface area contributed by atoms with Crippen molar-refractivity contribution in [1.82, 2.24) is 15.3 Å². The Morgan fingerprint density at radius 2 is 2.06 bits per heavy atom. The van der Waals surface area contributed by atoms with Crippen LogP contribution < -0.4 is 14.8 Å². The van der Waals surface area contributed by atoms with Gasteiger partial charge in [0.05, 0.1) is 22.8 Å². The van der Waals surface area contributed by atoms with E-state index < -0.39 is 22.0 Å². The van der Waals surface area contributed by atoms with E-state index in [1.54, 1.807) is 24.5 Å². The Kier molecular flexibility index (Phi) is 5.57. The van der Waals surface area contributed by atoms with Crippen molar-refractivity contribution in [2.45, 2.75) is 10.9 Å². The van der Waals surface area contributed by atoms with Gasteiger partial charge in [0.2, 0.25) is 5.88 Å². The lowest BCUT2D eigenvalue weighted by Crippen LogP contribution is -2.29. The van der Waals surface area contributed by atoms with E-state index in [9.17, 15) is 18.0 Å². The Morgan fingerprint density at radius 3 is 2.81 bits per heavy atom. The maximum atomic E-state index is 12.8. The van der Waals surface area contributed by atoms with Crippen LogP contribution in [0.2, 0.25) is 5.02 Å². The van der Waals surface area contributed by atoms with Crippen molar-refractivity contribution in [2.24, 2.45) is 0 Å². The highest BCUT2D eigenvalue weighted by Gasteiger charge is 2.26. The lowest BCUT2D eigenvalue weighted by Gasteiger charge is -2.14. The normalized spacial score (nSPS) is 15.8. The molecule has 1 amide bonds. The third-order valence-corrected chi connectivity index (χ3v) is 6.19. The number of hydrogen-bond acceptors (Lipinski definition) is 7. The molecule has 0 saturated carbocycles. The Hall–Kier alpha value is -3.50. The van der Waals surface area contributed by atoms with Crippen molar-refractivity contribution in [3.8, 4) is 5.88 Å². The van der Waals surface area contributed by atoms with Gasteiger partial charge in [0.15, 0.2) is 6.29 Å². The van der Waals surface area contributed by atoms with Gasteiger partial charge in [-0.1, -0.05) is 17.7 Å². The van der Waals surface area contributed by atoms with Gasteiger partial charge < -0.3 is 10.1 Å². The van der Waals surface area contributed by atoms with Gasteiger partial charge in [-0.3, -0.25) is 19.3 Å². The number of carbonyl (C=O) groups excluding carboxylic acids is 2. The van der Waals surface area contributed by atoms with Crippen molar-refractivity contribution in [3.05, 3.63) is 76.7 Å². The van der Waals surface area contributed by atoms with Crippen molar-refractivity contribution in [1.29, 1.82) is 0 Å². The van der Waals surface area contributed by atoms with Crippen LogP contribution in [0.5, 0.6) is 5.88 Å². The molecule has 158 valence electrons. The number of fused-ring (bicyclic) bond motifs is 1. The van der Waals surface area contributed by atoms with E-state index in [1.807, 2.05) is 0 Å². The zero-order valence-electron chi connectivity index (χ0n) is 15.8. The summed E-state index contributed by atoms with van der Waals surface area (Å²) in [7, 11) is -4.17. The number of nitrogens with one attached hydrogen (secondary N) is 2. The minimum atomic E-state index is -4.17. The molecule has 1 atom stereocenters. The van der Waals surface area contributed by atoms with Crippen LogP contribution in [0, 0.1) is 0 Å². The molecule has 3 aromatic rings. The fraction of sp³-hybridized carbons (Fsp3) is 0.100. The molecule has 0 aliphatic carbocycles. The first-order valence-electron chi connectivity index (χ1n) is 8.98. The quantitative estimate of drug-likeness (QED) is 0.562. The Morgan fingerprint density at radius 1 is 1.23 bits per heavy atom. The molecule has 0 spiro atoms. The third kappa shape index (κ3) is 4.35. The number of hydrogen-bond donors (Lipinski definition) is 2. The van der Waals surface area contributed by atoms with Crippen molar-refractivity contribution in [2.75, 3.05) is 11.3 Å². The third-order valence-electron chi connectivity index (χ3n) is 4.52. The molecule has 1 aromatic carbocycles. The molecule has 31 heavy (non-hydrogen) atoms. The second-order valence-electron chi connectivity index (χ2n) is 6.61. The first kappa shape index (κ1) is 20.8. The minimum Gasteiger partial charge on any atom is -0.475 e. The SMILES string of the molecule is O=Cc1ccc(Cl)cc1S(=O)(=O)Nc1cnc2c(c1)C(=O)NC(c1cccnc1)CO2. The van der Waals surface area contributed by atoms with Gasteiger partial charge in [0.1, 0.15) is 12.2 Å². The summed E-state index contributed by atoms with van der Waals surface area (Å²) in [5.74, 6) is -0.408. The van der Waals surface area contributed by atoms with E-state index in [2.05, 4.69) is 20.0 Å². The summed E-state index contributed by atoms with van der Waals surface area (Å²) in [6, 6.07) is 8.30. The van der Waals surface area contributed by atoms with E-state index in [-0.39, 0.29) is 39.2 Å². The van der Waals surface area contributed by atoms with Crippen molar-refractivity contribution in [3.63, 3.8) is 0 Å². The number of sulfonamides is 1. The topological polar surface area (TPSA) is 127 Å². The number of halogens is 1. The van der Waals surface area contributed by atoms with Crippen LogP contribution in [0.4, 0.5) is 5.69 Å². The molecule has 1 aliphatic heterocycles. The molecule has 9 nitrogen and oxygen atoms in total. The van der Waals surface area contributed by atoms with E-state index >= 15 is 0 Å². The Labute approximate surface area is 182 Å². The van der Waals surface area contributed by atoms with Crippen LogP contribution >= 0.6 is 11.6 Å². The summed E-state index contributed by atoms with van der Waals surface area (Å²) in [6.45, 7) is 0.133. The molecule has 0 saturated heterocycles. The highest BCUT2D eigenvalue weighted by molar-refractivity contribution is 7.92. The number of aromatic nitrogens is 2. The monoisotopic (exact) mass is 458 g/mol. The minimum absolute atomic E-state index is 0.0224. The zero-order valence-corrected chi connectivity index (χ0v) is 17.4. The number of aldehydes is 1. The largest absolute Gasteiger partial charge is 0.475 e. The number of benzene rings is 1. The second kappa shape index (κ2) is 8.32. The van der Waals surface area contributed by atoms with E-state index in [0.717, 1.165) is 5.56 Å². The summed E-state index contributed by atoms with van der Waals surface area (Å²) in [4.78, 5) is 31.8. The molecule has 3 heterocycles. The highest BCUT2D eigenvalue weighted by Crippen LogP contribution is 2.27. The zero-order chi connectivity index (χ0) is 22.0. The fourth-order valence-corrected chi connectivity index (χ4v) is 4.51. The summed E-state index contributed by atoms with van der Waals surface area (Å²) in [6.07, 6.45) is 4.87. The van der Waals surface area contributed by atoms with Gasteiger partial charge in [-0.25, -0.2) is 13.4 Å². The molecule has 2 aromatic heterocycles. The molecule has 11 heteroatoms. The number of pyridine rings is 2. The predicted octanol–water partition coefficient (Wildman–Crippen LogP) is 2.61. The van der Waals surface area contributed by atoms with Gasteiger partial charge in [-0.05, 0) is 35.9 Å². The molecule has 0 bridgehead atoms. The van der Waals surface area contributed by atoms with E-state index in [1.165, 1.54) is 30.5 Å². The average Bonchev–Trinajstić information content (AvgIpc) is 2.93. The number of carbonyl (C=O) groups is 2. The second-order valence-corrected chi connectivity index (χ2v) is 8.69. The van der Waals surface area contributed by atoms with Crippen molar-refractivity contribution < 1.29 is 22.7 Å². The van der Waals surface area contributed by atoms with Crippen LogP contribution in [-0.2, 0) is 10.0 Å². The average molecular weight is 459 g/mol. The lowest BCUT2D eigenvalue weighted by molar-refractivity contribution is 0.0938. The number of rotatable bonds is 5. The molecular formula is C20H15ClN4O5S. The molecular weight excluding hydrogens is 444 g/mol. The number of amides is 1. The summed E-state index contributed by atoms with van der Waals surface area (Å²) < 4.78 is 33.5. The molecule has 0 radical (unpaired) electrons. The Balaban J connectivity index is 1.62. The fourth-order valence-electron chi connectivity index (χ4n) is 3.04. The number of ether oxygens (including phenoxy) is 1. The lowest BCUT2D eigenvalue weighted by atomic mass is 10.1. The van der Waals surface area contributed by atoms with Gasteiger partial charge in [-0.15, -0.1) is 0 Å². The predicted molar refractivity (Wildman–Crippen MR) is 112 cm³/mol. The molecule has 4 rings (SSSR count). The summed E-state index contributed by atoms with van der Waals surface area (Å²) in [5.41, 5.74) is 0.786. The van der Waals surface area contributed by atoms with Gasteiger partial charge in [-0.2, -0.15) is 0 Å². The Bertz CT molecular complexity index is 1270. The van der Waals surface area contributed by atoms with Crippen molar-refractivity contribution >= 4 is 39.5 Å². The molecule has 2 N–H and O–H groups in total. The van der Waals surface area contributed by atoms with Gasteiger partial charge in [0, 0.05) is 23.0 Å². The van der Waals surface area contributed by atoms with E-state index in [4.69, 9.17) is 16.3 Å². The van der Waals surface area contributed by atoms with E-state index in [0.29, 0.717) is 6.29 Å². The highest BCUT2D eigenvalue weighted by atomic mass is 35.5. The first-order valence-corrected chi connectivity index (χ1v) is 10.8. The van der Waals surface area contributed by atoms with Crippen LogP contribution in [0.15, 0.2) is 59.9 Å². The summed E-state index contributed by atoms with van der Waals surface area (Å²) in [5, 5.41) is 2.97. The van der Waals surface area contributed by atoms with Gasteiger partial charge >= 0.3 is 0 Å². The van der Waals surface area contributed by atoms with Gasteiger partial charge in [0.25, 0.3) is 15.9 Å². The van der Waals surface area contributed by atoms with Crippen LogP contribution in [-0.4, -0.2) is 37.2 Å². The smallest absolute Gasteiger partial charge is 0.262 e. The first-order chi connectivity index (χ1) is 14.9. The standard InChI is InChI=1S/C20H15ClN4O5S/c21-14-4-3-13(10-26)18(6-14)31(28,29)25-15-7-16-19(27)24-17(11-30-20(16)23-9-15)12-2-1-5-22-8-12/h1-10,17,25H,11H2,(H,24,27). The molecule has 1 unspecified atom stereocenters. The summed E-state index contributed by atoms with van der Waals surface area (Å²) >= 11 is 5.88. The van der Waals surface area contributed by atoms with Crippen LogP contribution in [0.25, 0.3) is 0 Å². The van der Waals surface area contributed by atoms with Crippen LogP contribution in [0.1, 0.15) is 32.3 Å².